The number of aryl methyl sites for hydroxylation is 1. The Bertz CT molecular complexity index is 381. The molecule has 0 saturated heterocycles. The molecule has 1 atom stereocenters. The van der Waals surface area contributed by atoms with Gasteiger partial charge in [-0.2, -0.15) is 0 Å². The number of aliphatic carboxylic acids is 1. The first kappa shape index (κ1) is 11.1. The van der Waals surface area contributed by atoms with Gasteiger partial charge >= 0.3 is 5.97 Å². The predicted molar refractivity (Wildman–Crippen MR) is 53.4 cm³/mol. The summed E-state index contributed by atoms with van der Waals surface area (Å²) in [4.78, 5) is 10.6. The minimum Gasteiger partial charge on any atom is -0.480 e. The van der Waals surface area contributed by atoms with Crippen LogP contribution in [0.2, 0.25) is 0 Å². The van der Waals surface area contributed by atoms with Crippen LogP contribution >= 0.6 is 15.9 Å². The zero-order chi connectivity index (χ0) is 10.9. The zero-order valence-electron chi connectivity index (χ0n) is 7.42. The molecule has 0 bridgehead atoms. The fraction of sp³-hybridized carbons (Fsp3) is 0.222. The second kappa shape index (κ2) is 4.06. The maximum atomic E-state index is 13.5. The lowest BCUT2D eigenvalue weighted by Gasteiger charge is -2.12. The van der Waals surface area contributed by atoms with E-state index < -0.39 is 17.8 Å². The SMILES string of the molecule is Cc1ccc(Br)c(F)c1C(N)C(=O)O. The fourth-order valence-electron chi connectivity index (χ4n) is 1.17. The van der Waals surface area contributed by atoms with Crippen LogP contribution in [0.25, 0.3) is 0 Å². The molecule has 0 amide bonds. The van der Waals surface area contributed by atoms with Gasteiger partial charge in [0.1, 0.15) is 11.9 Å². The van der Waals surface area contributed by atoms with Gasteiger partial charge in [0.25, 0.3) is 0 Å². The van der Waals surface area contributed by atoms with E-state index in [0.29, 0.717) is 5.56 Å². The Morgan fingerprint density at radius 3 is 2.71 bits per heavy atom. The first-order valence-corrected chi connectivity index (χ1v) is 4.67. The molecule has 0 aromatic heterocycles. The molecule has 76 valence electrons. The number of carboxylic acids is 1. The molecule has 1 unspecified atom stereocenters. The quantitative estimate of drug-likeness (QED) is 0.856. The van der Waals surface area contributed by atoms with Crippen molar-refractivity contribution < 1.29 is 14.3 Å². The van der Waals surface area contributed by atoms with E-state index in [9.17, 15) is 9.18 Å². The molecular weight excluding hydrogens is 253 g/mol. The lowest BCUT2D eigenvalue weighted by molar-refractivity contribution is -0.138. The van der Waals surface area contributed by atoms with Gasteiger partial charge < -0.3 is 10.8 Å². The molecule has 0 aliphatic rings. The van der Waals surface area contributed by atoms with Crippen molar-refractivity contribution in [2.75, 3.05) is 0 Å². The van der Waals surface area contributed by atoms with Crippen LogP contribution in [0.3, 0.4) is 0 Å². The number of rotatable bonds is 2. The molecule has 3 nitrogen and oxygen atoms in total. The maximum absolute atomic E-state index is 13.5. The highest BCUT2D eigenvalue weighted by molar-refractivity contribution is 9.10. The van der Waals surface area contributed by atoms with Crippen LogP contribution in [0.4, 0.5) is 4.39 Å². The van der Waals surface area contributed by atoms with E-state index in [1.54, 1.807) is 13.0 Å². The molecule has 0 fully saturated rings. The molecule has 14 heavy (non-hydrogen) atoms. The second-order valence-electron chi connectivity index (χ2n) is 2.91. The lowest BCUT2D eigenvalue weighted by Crippen LogP contribution is -2.23. The highest BCUT2D eigenvalue weighted by Gasteiger charge is 2.21. The number of carboxylic acid groups (broad SMARTS) is 1. The number of benzene rings is 1. The number of hydrogen-bond donors (Lipinski definition) is 2. The first-order valence-electron chi connectivity index (χ1n) is 3.88. The van der Waals surface area contributed by atoms with Crippen LogP contribution in [0.5, 0.6) is 0 Å². The third-order valence-electron chi connectivity index (χ3n) is 1.93. The third kappa shape index (κ3) is 1.93. The van der Waals surface area contributed by atoms with Crippen molar-refractivity contribution in [2.45, 2.75) is 13.0 Å². The summed E-state index contributed by atoms with van der Waals surface area (Å²) < 4.78 is 13.7. The topological polar surface area (TPSA) is 63.3 Å². The summed E-state index contributed by atoms with van der Waals surface area (Å²) in [6.07, 6.45) is 0. The molecule has 3 N–H and O–H groups in total. The van der Waals surface area contributed by atoms with E-state index in [2.05, 4.69) is 15.9 Å². The maximum Gasteiger partial charge on any atom is 0.325 e. The van der Waals surface area contributed by atoms with Crippen molar-refractivity contribution >= 4 is 21.9 Å². The summed E-state index contributed by atoms with van der Waals surface area (Å²) in [6, 6.07) is 1.81. The lowest BCUT2D eigenvalue weighted by atomic mass is 10.0. The molecular formula is C9H9BrFNO2. The molecule has 1 aromatic rings. The minimum absolute atomic E-state index is 0.0203. The van der Waals surface area contributed by atoms with Crippen molar-refractivity contribution in [3.8, 4) is 0 Å². The smallest absolute Gasteiger partial charge is 0.325 e. The normalized spacial score (nSPS) is 12.6. The Morgan fingerprint density at radius 2 is 2.21 bits per heavy atom. The summed E-state index contributed by atoms with van der Waals surface area (Å²) in [5.74, 6) is -1.86. The van der Waals surface area contributed by atoms with Gasteiger partial charge in [-0.05, 0) is 34.5 Å². The van der Waals surface area contributed by atoms with Gasteiger partial charge in [0.05, 0.1) is 4.47 Å². The van der Waals surface area contributed by atoms with Crippen molar-refractivity contribution in [3.05, 3.63) is 33.5 Å². The molecule has 0 heterocycles. The predicted octanol–water partition coefficient (Wildman–Crippen LogP) is 1.98. The van der Waals surface area contributed by atoms with Crippen LogP contribution < -0.4 is 5.73 Å². The number of halogens is 2. The fourth-order valence-corrected chi connectivity index (χ4v) is 1.51. The molecule has 0 aliphatic heterocycles. The van der Waals surface area contributed by atoms with Gasteiger partial charge in [-0.1, -0.05) is 6.07 Å². The highest BCUT2D eigenvalue weighted by Crippen LogP contribution is 2.26. The largest absolute Gasteiger partial charge is 0.480 e. The van der Waals surface area contributed by atoms with Crippen molar-refractivity contribution in [3.63, 3.8) is 0 Å². The van der Waals surface area contributed by atoms with Crippen LogP contribution in [-0.2, 0) is 4.79 Å². The molecule has 0 saturated carbocycles. The molecule has 0 radical (unpaired) electrons. The van der Waals surface area contributed by atoms with Gasteiger partial charge in [0.15, 0.2) is 0 Å². The highest BCUT2D eigenvalue weighted by atomic mass is 79.9. The van der Waals surface area contributed by atoms with Crippen molar-refractivity contribution in [2.24, 2.45) is 5.73 Å². The van der Waals surface area contributed by atoms with E-state index in [1.165, 1.54) is 6.07 Å². The summed E-state index contributed by atoms with van der Waals surface area (Å²) in [5, 5.41) is 8.67. The van der Waals surface area contributed by atoms with E-state index in [1.807, 2.05) is 0 Å². The molecule has 1 aromatic carbocycles. The monoisotopic (exact) mass is 261 g/mol. The average molecular weight is 262 g/mol. The molecule has 0 aliphatic carbocycles. The Balaban J connectivity index is 3.32. The van der Waals surface area contributed by atoms with Crippen LogP contribution in [-0.4, -0.2) is 11.1 Å². The van der Waals surface area contributed by atoms with Crippen LogP contribution in [0.1, 0.15) is 17.2 Å². The summed E-state index contributed by atoms with van der Waals surface area (Å²) >= 11 is 2.97. The zero-order valence-corrected chi connectivity index (χ0v) is 9.01. The first-order chi connectivity index (χ1) is 6.45. The van der Waals surface area contributed by atoms with E-state index in [4.69, 9.17) is 10.8 Å². The van der Waals surface area contributed by atoms with Gasteiger partial charge in [-0.3, -0.25) is 4.79 Å². The summed E-state index contributed by atoms with van der Waals surface area (Å²) in [7, 11) is 0. The molecule has 5 heteroatoms. The second-order valence-corrected chi connectivity index (χ2v) is 3.76. The Morgan fingerprint density at radius 1 is 1.64 bits per heavy atom. The van der Waals surface area contributed by atoms with Gasteiger partial charge in [0.2, 0.25) is 0 Å². The van der Waals surface area contributed by atoms with Crippen LogP contribution in [0, 0.1) is 12.7 Å². The van der Waals surface area contributed by atoms with E-state index >= 15 is 0 Å². The van der Waals surface area contributed by atoms with Gasteiger partial charge in [-0.25, -0.2) is 4.39 Å². The number of nitrogens with two attached hydrogens (primary N) is 1. The Kier molecular flexibility index (Phi) is 3.23. The average Bonchev–Trinajstić information content (AvgIpc) is 2.12. The standard InChI is InChI=1S/C9H9BrFNO2/c1-4-2-3-5(10)7(11)6(4)8(12)9(13)14/h2-3,8H,12H2,1H3,(H,13,14). The number of hydrogen-bond acceptors (Lipinski definition) is 2. The Labute approximate surface area is 88.9 Å². The van der Waals surface area contributed by atoms with Gasteiger partial charge in [-0.15, -0.1) is 0 Å². The van der Waals surface area contributed by atoms with Crippen molar-refractivity contribution in [1.29, 1.82) is 0 Å². The van der Waals surface area contributed by atoms with E-state index in [0.717, 1.165) is 0 Å². The van der Waals surface area contributed by atoms with Gasteiger partial charge in [0, 0.05) is 5.56 Å². The third-order valence-corrected chi connectivity index (χ3v) is 2.54. The number of carbonyl (C=O) groups is 1. The minimum atomic E-state index is -1.33. The summed E-state index contributed by atoms with van der Waals surface area (Å²) in [6.45, 7) is 1.62. The molecule has 1 rings (SSSR count). The van der Waals surface area contributed by atoms with E-state index in [-0.39, 0.29) is 10.0 Å². The van der Waals surface area contributed by atoms with Crippen LogP contribution in [0.15, 0.2) is 16.6 Å². The molecule has 0 spiro atoms. The summed E-state index contributed by atoms with van der Waals surface area (Å²) in [5.41, 5.74) is 5.90. The van der Waals surface area contributed by atoms with Crippen molar-refractivity contribution in [1.82, 2.24) is 0 Å². The Hall–Kier alpha value is -0.940.